The van der Waals surface area contributed by atoms with Crippen LogP contribution in [0.5, 0.6) is 11.5 Å². The fourth-order valence-electron chi connectivity index (χ4n) is 3.82. The first-order valence-electron chi connectivity index (χ1n) is 9.89. The number of ketones is 2. The van der Waals surface area contributed by atoms with E-state index in [9.17, 15) is 23.1 Å². The van der Waals surface area contributed by atoms with Crippen LogP contribution in [0.2, 0.25) is 5.02 Å². The Balaban J connectivity index is 1.60. The van der Waals surface area contributed by atoms with Crippen LogP contribution in [0.1, 0.15) is 18.0 Å². The predicted molar refractivity (Wildman–Crippen MR) is 118 cm³/mol. The maximum absolute atomic E-state index is 12.6. The first-order valence-corrected chi connectivity index (χ1v) is 11.7. The van der Waals surface area contributed by atoms with Crippen LogP contribution in [0, 0.1) is 0 Å². The normalized spacial score (nSPS) is 22.8. The van der Waals surface area contributed by atoms with Crippen molar-refractivity contribution in [3.63, 3.8) is 0 Å². The van der Waals surface area contributed by atoms with Crippen molar-refractivity contribution in [2.24, 2.45) is 0 Å². The number of phenolic OH excluding ortho intramolecular Hbond substituents is 1. The summed E-state index contributed by atoms with van der Waals surface area (Å²) in [4.78, 5) is 24.2. The zero-order chi connectivity index (χ0) is 23.2. The van der Waals surface area contributed by atoms with Crippen molar-refractivity contribution in [2.45, 2.75) is 29.4 Å². The minimum absolute atomic E-state index is 0.0140. The van der Waals surface area contributed by atoms with Crippen LogP contribution in [-0.2, 0) is 19.6 Å². The number of anilines is 1. The van der Waals surface area contributed by atoms with E-state index >= 15 is 0 Å². The smallest absolute Gasteiger partial charge is 0.247 e. The van der Waals surface area contributed by atoms with E-state index in [1.54, 1.807) is 0 Å². The van der Waals surface area contributed by atoms with Crippen molar-refractivity contribution in [3.05, 3.63) is 47.0 Å². The number of phenols is 1. The van der Waals surface area contributed by atoms with E-state index in [4.69, 9.17) is 16.3 Å². The summed E-state index contributed by atoms with van der Waals surface area (Å²) in [5.41, 5.74) is 0.873. The molecule has 0 amide bonds. The summed E-state index contributed by atoms with van der Waals surface area (Å²) in [7, 11) is -1.43. The Morgan fingerprint density at radius 1 is 1.09 bits per heavy atom. The molecule has 1 fully saturated rings. The van der Waals surface area contributed by atoms with Gasteiger partial charge in [0.1, 0.15) is 22.7 Å². The van der Waals surface area contributed by atoms with Crippen LogP contribution in [-0.4, -0.2) is 62.2 Å². The van der Waals surface area contributed by atoms with Crippen molar-refractivity contribution >= 4 is 38.9 Å². The number of nitrogens with zero attached hydrogens (tertiary/aromatic N) is 1. The van der Waals surface area contributed by atoms with Gasteiger partial charge in [-0.1, -0.05) is 29.8 Å². The van der Waals surface area contributed by atoms with Gasteiger partial charge in [0.25, 0.3) is 0 Å². The third kappa shape index (κ3) is 3.73. The Hall–Kier alpha value is -2.66. The Labute approximate surface area is 190 Å². The lowest BCUT2D eigenvalue weighted by molar-refractivity contribution is -0.145. The van der Waals surface area contributed by atoms with E-state index in [-0.39, 0.29) is 16.8 Å². The van der Waals surface area contributed by atoms with Gasteiger partial charge in [0.15, 0.2) is 5.75 Å². The molecule has 2 unspecified atom stereocenters. The highest BCUT2D eigenvalue weighted by Crippen LogP contribution is 2.39. The number of para-hydroxylation sites is 1. The molecule has 11 heteroatoms. The van der Waals surface area contributed by atoms with E-state index in [1.807, 2.05) is 24.3 Å². The average molecular weight is 480 g/mol. The molecule has 1 aliphatic heterocycles. The SMILES string of the molecule is CN(C)S(=O)(=O)c1c(Cl)ccc(NC2C(=O)C(=O)C2N[C@@H]2CCOc3ccccc32)c1O. The van der Waals surface area contributed by atoms with E-state index in [0.29, 0.717) is 18.8 Å². The molecule has 1 aliphatic carbocycles. The lowest BCUT2D eigenvalue weighted by Crippen LogP contribution is -2.67. The third-order valence-electron chi connectivity index (χ3n) is 5.61. The second-order valence-corrected chi connectivity index (χ2v) is 10.3. The number of ether oxygens (including phenoxy) is 1. The third-order valence-corrected chi connectivity index (χ3v) is 7.93. The number of carbonyl (C=O) groups is 2. The molecule has 2 aromatic carbocycles. The summed E-state index contributed by atoms with van der Waals surface area (Å²) in [5.74, 6) is -1.14. The molecule has 170 valence electrons. The maximum Gasteiger partial charge on any atom is 0.247 e. The van der Waals surface area contributed by atoms with Gasteiger partial charge in [-0.2, -0.15) is 0 Å². The van der Waals surface area contributed by atoms with Crippen molar-refractivity contribution in [1.29, 1.82) is 0 Å². The summed E-state index contributed by atoms with van der Waals surface area (Å²) in [5, 5.41) is 16.5. The summed E-state index contributed by atoms with van der Waals surface area (Å²) in [6.07, 6.45) is 0.610. The number of hydrogen-bond donors (Lipinski definition) is 3. The number of rotatable bonds is 6. The van der Waals surface area contributed by atoms with Crippen LogP contribution in [0.15, 0.2) is 41.3 Å². The lowest BCUT2D eigenvalue weighted by atomic mass is 9.81. The largest absolute Gasteiger partial charge is 0.504 e. The summed E-state index contributed by atoms with van der Waals surface area (Å²) in [6, 6.07) is 8.10. The standard InChI is InChI=1S/C21H22ClN3O6S/c1-25(2)32(29,30)21-12(22)7-8-14(18(21)26)24-17-16(19(27)20(17)28)23-13-9-10-31-15-6-4-3-5-11(13)15/h3-8,13,16-17,23-24,26H,9-10H2,1-2H3/t13-,16?,17?/m1/s1. The highest BCUT2D eigenvalue weighted by atomic mass is 35.5. The number of halogens is 1. The van der Waals surface area contributed by atoms with Gasteiger partial charge in [0.2, 0.25) is 21.6 Å². The number of nitrogens with one attached hydrogen (secondary N) is 2. The molecule has 9 nitrogen and oxygen atoms in total. The minimum Gasteiger partial charge on any atom is -0.504 e. The van der Waals surface area contributed by atoms with Gasteiger partial charge in [-0.25, -0.2) is 12.7 Å². The van der Waals surface area contributed by atoms with Crippen molar-refractivity contribution in [2.75, 3.05) is 26.0 Å². The molecule has 0 saturated heterocycles. The second kappa shape index (κ2) is 8.36. The molecule has 2 aliphatic rings. The van der Waals surface area contributed by atoms with Crippen LogP contribution in [0.25, 0.3) is 0 Å². The van der Waals surface area contributed by atoms with Gasteiger partial charge in [0.05, 0.1) is 17.3 Å². The van der Waals surface area contributed by atoms with Crippen LogP contribution in [0.3, 0.4) is 0 Å². The van der Waals surface area contributed by atoms with E-state index in [0.717, 1.165) is 9.87 Å². The minimum atomic E-state index is -4.05. The molecular formula is C21H22ClN3O6S. The first-order chi connectivity index (χ1) is 15.1. The Morgan fingerprint density at radius 3 is 2.50 bits per heavy atom. The summed E-state index contributed by atoms with van der Waals surface area (Å²) >= 11 is 6.03. The fourth-order valence-corrected chi connectivity index (χ4v) is 5.30. The molecule has 1 saturated carbocycles. The monoisotopic (exact) mass is 479 g/mol. The van der Waals surface area contributed by atoms with Gasteiger partial charge < -0.3 is 15.2 Å². The van der Waals surface area contributed by atoms with Gasteiger partial charge in [0, 0.05) is 32.1 Å². The number of Topliss-reactive ketones (excluding diaryl/α,β-unsaturated/α-hetero) is 2. The van der Waals surface area contributed by atoms with Crippen molar-refractivity contribution in [1.82, 2.24) is 9.62 Å². The summed E-state index contributed by atoms with van der Waals surface area (Å²) < 4.78 is 31.7. The second-order valence-electron chi connectivity index (χ2n) is 7.78. The zero-order valence-electron chi connectivity index (χ0n) is 17.3. The van der Waals surface area contributed by atoms with Crippen LogP contribution >= 0.6 is 11.6 Å². The molecule has 0 spiro atoms. The van der Waals surface area contributed by atoms with Gasteiger partial charge in [-0.05, 0) is 18.2 Å². The summed E-state index contributed by atoms with van der Waals surface area (Å²) in [6.45, 7) is 0.464. The number of sulfonamides is 1. The quantitative estimate of drug-likeness (QED) is 0.422. The molecule has 3 atom stereocenters. The molecule has 3 N–H and O–H groups in total. The first kappa shape index (κ1) is 22.5. The highest BCUT2D eigenvalue weighted by Gasteiger charge is 2.50. The molecule has 4 rings (SSSR count). The average Bonchev–Trinajstić information content (AvgIpc) is 2.77. The van der Waals surface area contributed by atoms with Gasteiger partial charge >= 0.3 is 0 Å². The lowest BCUT2D eigenvalue weighted by Gasteiger charge is -2.39. The predicted octanol–water partition coefficient (Wildman–Crippen LogP) is 1.71. The van der Waals surface area contributed by atoms with E-state index in [2.05, 4.69) is 10.6 Å². The van der Waals surface area contributed by atoms with E-state index < -0.39 is 44.3 Å². The van der Waals surface area contributed by atoms with Gasteiger partial charge in [-0.3, -0.25) is 14.9 Å². The molecule has 1 heterocycles. The molecule has 32 heavy (non-hydrogen) atoms. The highest BCUT2D eigenvalue weighted by molar-refractivity contribution is 7.89. The Morgan fingerprint density at radius 2 is 1.78 bits per heavy atom. The Kier molecular flexibility index (Phi) is 5.89. The number of carbonyl (C=O) groups excluding carboxylic acids is 2. The van der Waals surface area contributed by atoms with Crippen molar-refractivity contribution in [3.8, 4) is 11.5 Å². The number of benzene rings is 2. The maximum atomic E-state index is 12.6. The number of fused-ring (bicyclic) bond motifs is 1. The zero-order valence-corrected chi connectivity index (χ0v) is 18.9. The van der Waals surface area contributed by atoms with Crippen LogP contribution in [0.4, 0.5) is 5.69 Å². The molecule has 0 aromatic heterocycles. The number of hydrogen-bond acceptors (Lipinski definition) is 8. The fraction of sp³-hybridized carbons (Fsp3) is 0.333. The topological polar surface area (TPSA) is 125 Å². The van der Waals surface area contributed by atoms with Crippen molar-refractivity contribution < 1.29 is 27.9 Å². The molecular weight excluding hydrogens is 458 g/mol. The molecule has 2 aromatic rings. The van der Waals surface area contributed by atoms with Gasteiger partial charge in [-0.15, -0.1) is 0 Å². The molecule has 0 radical (unpaired) electrons. The van der Waals surface area contributed by atoms with E-state index in [1.165, 1.54) is 26.2 Å². The molecule has 0 bridgehead atoms. The number of aromatic hydroxyl groups is 1. The Bertz CT molecular complexity index is 1200. The van der Waals surface area contributed by atoms with Crippen LogP contribution < -0.4 is 15.4 Å².